The molecule has 0 fully saturated rings. The molecule has 0 aliphatic carbocycles. The predicted molar refractivity (Wildman–Crippen MR) is 82.7 cm³/mol. The average molecular weight is 341 g/mol. The quantitative estimate of drug-likeness (QED) is 0.876. The molecule has 2 aromatic rings. The highest BCUT2D eigenvalue weighted by molar-refractivity contribution is 7.89. The lowest BCUT2D eigenvalue weighted by molar-refractivity contribution is 0.340. The van der Waals surface area contributed by atoms with Crippen LogP contribution in [0.5, 0.6) is 5.75 Å². The van der Waals surface area contributed by atoms with Gasteiger partial charge in [0.1, 0.15) is 5.75 Å². The predicted octanol–water partition coefficient (Wildman–Crippen LogP) is 3.40. The van der Waals surface area contributed by atoms with Crippen LogP contribution in [0.15, 0.2) is 47.4 Å². The fourth-order valence-electron chi connectivity index (χ4n) is 2.03. The molecule has 0 aromatic heterocycles. The molecule has 0 aliphatic heterocycles. The first-order valence-corrected chi connectivity index (χ1v) is 8.52. The summed E-state index contributed by atoms with van der Waals surface area (Å²) in [6, 6.07) is 8.52. The molecule has 0 bridgehead atoms. The van der Waals surface area contributed by atoms with E-state index in [1.165, 1.54) is 18.2 Å². The summed E-state index contributed by atoms with van der Waals surface area (Å²) in [4.78, 5) is 0.0652. The van der Waals surface area contributed by atoms with Crippen LogP contribution in [-0.4, -0.2) is 15.0 Å². The van der Waals surface area contributed by atoms with Crippen LogP contribution in [0, 0.1) is 11.6 Å². The Morgan fingerprint density at radius 3 is 2.30 bits per heavy atom. The van der Waals surface area contributed by atoms with Crippen molar-refractivity contribution in [1.82, 2.24) is 4.72 Å². The molecule has 2 rings (SSSR count). The van der Waals surface area contributed by atoms with Gasteiger partial charge in [0.05, 0.1) is 11.5 Å². The van der Waals surface area contributed by atoms with Gasteiger partial charge in [-0.25, -0.2) is 21.9 Å². The normalized spacial score (nSPS) is 12.9. The van der Waals surface area contributed by atoms with Crippen molar-refractivity contribution in [2.75, 3.05) is 6.61 Å². The lowest BCUT2D eigenvalue weighted by atomic mass is 10.1. The van der Waals surface area contributed by atoms with Crippen LogP contribution in [0.4, 0.5) is 8.78 Å². The smallest absolute Gasteiger partial charge is 0.241 e. The van der Waals surface area contributed by atoms with E-state index in [1.54, 1.807) is 19.1 Å². The van der Waals surface area contributed by atoms with Crippen LogP contribution in [-0.2, 0) is 10.0 Å². The van der Waals surface area contributed by atoms with Gasteiger partial charge in [0.15, 0.2) is 11.6 Å². The van der Waals surface area contributed by atoms with Crippen LogP contribution < -0.4 is 9.46 Å². The van der Waals surface area contributed by atoms with Crippen LogP contribution in [0.1, 0.15) is 25.5 Å². The number of hydrogen-bond acceptors (Lipinski definition) is 3. The Bertz CT molecular complexity index is 776. The van der Waals surface area contributed by atoms with Gasteiger partial charge in [-0.15, -0.1) is 0 Å². The fourth-order valence-corrected chi connectivity index (χ4v) is 3.26. The number of hydrogen-bond donors (Lipinski definition) is 1. The second kappa shape index (κ2) is 7.06. The summed E-state index contributed by atoms with van der Waals surface area (Å²) in [5, 5.41) is 0. The summed E-state index contributed by atoms with van der Waals surface area (Å²) in [6.45, 7) is 3.87. The third kappa shape index (κ3) is 4.27. The van der Waals surface area contributed by atoms with Crippen molar-refractivity contribution < 1.29 is 21.9 Å². The summed E-state index contributed by atoms with van der Waals surface area (Å²) in [7, 11) is -3.78. The second-order valence-corrected chi connectivity index (χ2v) is 6.63. The van der Waals surface area contributed by atoms with Gasteiger partial charge in [-0.05, 0) is 55.8 Å². The molecule has 1 atom stereocenters. The Hall–Kier alpha value is -1.99. The van der Waals surface area contributed by atoms with Gasteiger partial charge < -0.3 is 4.74 Å². The molecule has 0 saturated heterocycles. The molecule has 2 aromatic carbocycles. The number of rotatable bonds is 6. The molecular weight excluding hydrogens is 324 g/mol. The third-order valence-corrected chi connectivity index (χ3v) is 4.78. The molecule has 1 N–H and O–H groups in total. The maximum Gasteiger partial charge on any atom is 0.241 e. The number of sulfonamides is 1. The van der Waals surface area contributed by atoms with Gasteiger partial charge in [-0.1, -0.05) is 6.07 Å². The zero-order valence-corrected chi connectivity index (χ0v) is 13.5. The molecule has 0 amide bonds. The van der Waals surface area contributed by atoms with Crippen LogP contribution in [0.25, 0.3) is 0 Å². The van der Waals surface area contributed by atoms with Gasteiger partial charge in [0, 0.05) is 6.04 Å². The van der Waals surface area contributed by atoms with Crippen molar-refractivity contribution in [3.05, 3.63) is 59.7 Å². The minimum absolute atomic E-state index is 0.0652. The standard InChI is InChI=1S/C16H17F2NO3S/c1-3-22-13-5-7-14(8-6-13)23(20,21)19-11(2)12-4-9-15(17)16(18)10-12/h4-11,19H,3H2,1-2H3/t11-/m1/s1. The highest BCUT2D eigenvalue weighted by Gasteiger charge is 2.19. The van der Waals surface area contributed by atoms with Crippen molar-refractivity contribution in [1.29, 1.82) is 0 Å². The van der Waals surface area contributed by atoms with Gasteiger partial charge >= 0.3 is 0 Å². The molecule has 4 nitrogen and oxygen atoms in total. The maximum absolute atomic E-state index is 13.2. The van der Waals surface area contributed by atoms with E-state index in [2.05, 4.69) is 4.72 Å². The zero-order chi connectivity index (χ0) is 17.0. The van der Waals surface area contributed by atoms with E-state index in [0.29, 0.717) is 17.9 Å². The average Bonchev–Trinajstić information content (AvgIpc) is 2.50. The van der Waals surface area contributed by atoms with Crippen molar-refractivity contribution in [2.45, 2.75) is 24.8 Å². The Kier molecular flexibility index (Phi) is 5.33. The van der Waals surface area contributed by atoms with Gasteiger partial charge in [0.2, 0.25) is 10.0 Å². The minimum Gasteiger partial charge on any atom is -0.494 e. The third-order valence-electron chi connectivity index (χ3n) is 3.22. The van der Waals surface area contributed by atoms with Gasteiger partial charge in [-0.2, -0.15) is 0 Å². The fraction of sp³-hybridized carbons (Fsp3) is 0.250. The number of halogens is 2. The van der Waals surface area contributed by atoms with Crippen LogP contribution in [0.3, 0.4) is 0 Å². The molecule has 7 heteroatoms. The van der Waals surface area contributed by atoms with E-state index in [4.69, 9.17) is 4.74 Å². The molecule has 23 heavy (non-hydrogen) atoms. The largest absolute Gasteiger partial charge is 0.494 e. The number of benzene rings is 2. The Morgan fingerprint density at radius 2 is 1.74 bits per heavy atom. The number of ether oxygens (including phenoxy) is 1. The second-order valence-electron chi connectivity index (χ2n) is 4.92. The number of nitrogens with one attached hydrogen (secondary N) is 1. The molecule has 124 valence electrons. The Balaban J connectivity index is 2.17. The monoisotopic (exact) mass is 341 g/mol. The summed E-state index contributed by atoms with van der Waals surface area (Å²) in [6.07, 6.45) is 0. The molecule has 0 unspecified atom stereocenters. The highest BCUT2D eigenvalue weighted by Crippen LogP contribution is 2.20. The first kappa shape index (κ1) is 17.4. The summed E-state index contributed by atoms with van der Waals surface area (Å²) in [5.74, 6) is -1.43. The highest BCUT2D eigenvalue weighted by atomic mass is 32.2. The Morgan fingerprint density at radius 1 is 1.09 bits per heavy atom. The van der Waals surface area contributed by atoms with E-state index in [1.807, 2.05) is 6.92 Å². The van der Waals surface area contributed by atoms with E-state index in [-0.39, 0.29) is 4.90 Å². The van der Waals surface area contributed by atoms with Gasteiger partial charge in [0.25, 0.3) is 0 Å². The topological polar surface area (TPSA) is 55.4 Å². The van der Waals surface area contributed by atoms with Crippen molar-refractivity contribution in [3.63, 3.8) is 0 Å². The van der Waals surface area contributed by atoms with E-state index in [0.717, 1.165) is 12.1 Å². The first-order chi connectivity index (χ1) is 10.8. The minimum atomic E-state index is -3.78. The lowest BCUT2D eigenvalue weighted by Crippen LogP contribution is -2.27. The van der Waals surface area contributed by atoms with Crippen LogP contribution in [0.2, 0.25) is 0 Å². The maximum atomic E-state index is 13.2. The van der Waals surface area contributed by atoms with Crippen LogP contribution >= 0.6 is 0 Å². The van der Waals surface area contributed by atoms with Crippen molar-refractivity contribution in [3.8, 4) is 5.75 Å². The molecule has 0 spiro atoms. The van der Waals surface area contributed by atoms with Gasteiger partial charge in [-0.3, -0.25) is 0 Å². The summed E-state index contributed by atoms with van der Waals surface area (Å²) in [5.41, 5.74) is 0.332. The SMILES string of the molecule is CCOc1ccc(S(=O)(=O)N[C@H](C)c2ccc(F)c(F)c2)cc1. The summed E-state index contributed by atoms with van der Waals surface area (Å²) >= 11 is 0. The Labute approximate surface area is 134 Å². The van der Waals surface area contributed by atoms with E-state index < -0.39 is 27.7 Å². The molecule has 0 aliphatic rings. The summed E-state index contributed by atoms with van der Waals surface area (Å²) < 4.78 is 58.5. The van der Waals surface area contributed by atoms with Crippen molar-refractivity contribution >= 4 is 10.0 Å². The zero-order valence-electron chi connectivity index (χ0n) is 12.7. The van der Waals surface area contributed by atoms with Crippen molar-refractivity contribution in [2.24, 2.45) is 0 Å². The van der Waals surface area contributed by atoms with E-state index >= 15 is 0 Å². The molecular formula is C16H17F2NO3S. The molecule has 0 heterocycles. The first-order valence-electron chi connectivity index (χ1n) is 7.03. The molecule has 0 radical (unpaired) electrons. The molecule has 0 saturated carbocycles. The lowest BCUT2D eigenvalue weighted by Gasteiger charge is -2.15. The van der Waals surface area contributed by atoms with E-state index in [9.17, 15) is 17.2 Å².